The SMILES string of the molecule is O=C1C2CCCCC2NC2CCNN12. The van der Waals surface area contributed by atoms with Crippen LogP contribution in [0.3, 0.4) is 0 Å². The monoisotopic (exact) mass is 195 g/mol. The van der Waals surface area contributed by atoms with Crippen LogP contribution in [0.2, 0.25) is 0 Å². The van der Waals surface area contributed by atoms with E-state index < -0.39 is 0 Å². The molecule has 4 heteroatoms. The van der Waals surface area contributed by atoms with Gasteiger partial charge in [0.1, 0.15) is 0 Å². The summed E-state index contributed by atoms with van der Waals surface area (Å²) in [7, 11) is 0. The second kappa shape index (κ2) is 3.21. The van der Waals surface area contributed by atoms with Gasteiger partial charge in [-0.25, -0.2) is 5.43 Å². The first-order valence-electron chi connectivity index (χ1n) is 5.69. The molecule has 0 aromatic rings. The van der Waals surface area contributed by atoms with Crippen molar-refractivity contribution in [3.05, 3.63) is 0 Å². The molecule has 1 aliphatic carbocycles. The Morgan fingerprint density at radius 1 is 1.21 bits per heavy atom. The van der Waals surface area contributed by atoms with Crippen LogP contribution < -0.4 is 10.7 Å². The Hall–Kier alpha value is -0.610. The molecular weight excluding hydrogens is 178 g/mol. The zero-order chi connectivity index (χ0) is 9.54. The van der Waals surface area contributed by atoms with Crippen LogP contribution in [0, 0.1) is 5.92 Å². The van der Waals surface area contributed by atoms with Gasteiger partial charge in [-0.2, -0.15) is 0 Å². The number of nitrogens with zero attached hydrogens (tertiary/aromatic N) is 1. The minimum atomic E-state index is 0.241. The maximum absolute atomic E-state index is 12.1. The quantitative estimate of drug-likeness (QED) is 0.581. The van der Waals surface area contributed by atoms with Crippen LogP contribution in [0.1, 0.15) is 32.1 Å². The van der Waals surface area contributed by atoms with Crippen LogP contribution in [-0.2, 0) is 4.79 Å². The Morgan fingerprint density at radius 2 is 2.07 bits per heavy atom. The molecule has 78 valence electrons. The van der Waals surface area contributed by atoms with Crippen LogP contribution in [-0.4, -0.2) is 29.7 Å². The molecular formula is C10H17N3O. The highest BCUT2D eigenvalue weighted by molar-refractivity contribution is 5.80. The van der Waals surface area contributed by atoms with Crippen molar-refractivity contribution >= 4 is 5.91 Å². The van der Waals surface area contributed by atoms with E-state index in [0.717, 1.165) is 19.4 Å². The zero-order valence-electron chi connectivity index (χ0n) is 8.33. The second-order valence-electron chi connectivity index (χ2n) is 4.58. The molecule has 3 aliphatic rings. The average molecular weight is 195 g/mol. The molecule has 1 amide bonds. The Morgan fingerprint density at radius 3 is 3.00 bits per heavy atom. The second-order valence-corrected chi connectivity index (χ2v) is 4.58. The van der Waals surface area contributed by atoms with E-state index in [-0.39, 0.29) is 12.1 Å². The fourth-order valence-corrected chi connectivity index (χ4v) is 3.00. The Kier molecular flexibility index (Phi) is 1.99. The van der Waals surface area contributed by atoms with Gasteiger partial charge in [0, 0.05) is 12.6 Å². The van der Waals surface area contributed by atoms with Crippen LogP contribution >= 0.6 is 0 Å². The highest BCUT2D eigenvalue weighted by Crippen LogP contribution is 2.31. The van der Waals surface area contributed by atoms with Crippen molar-refractivity contribution in [1.82, 2.24) is 15.8 Å². The minimum absolute atomic E-state index is 0.241. The predicted octanol–water partition coefficient (Wildman–Crippen LogP) is 0.211. The highest BCUT2D eigenvalue weighted by atomic mass is 16.2. The first kappa shape index (κ1) is 8.68. The topological polar surface area (TPSA) is 44.4 Å². The van der Waals surface area contributed by atoms with E-state index >= 15 is 0 Å². The Bertz CT molecular complexity index is 256. The lowest BCUT2D eigenvalue weighted by molar-refractivity contribution is -0.147. The molecule has 1 saturated carbocycles. The summed E-state index contributed by atoms with van der Waals surface area (Å²) in [4.78, 5) is 12.1. The molecule has 3 fully saturated rings. The van der Waals surface area contributed by atoms with Crippen LogP contribution in [0.4, 0.5) is 0 Å². The first-order valence-corrected chi connectivity index (χ1v) is 5.69. The lowest BCUT2D eigenvalue weighted by atomic mass is 9.82. The molecule has 2 saturated heterocycles. The van der Waals surface area contributed by atoms with Gasteiger partial charge in [-0.05, 0) is 19.3 Å². The third kappa shape index (κ3) is 1.17. The molecule has 2 aliphatic heterocycles. The number of hydrogen-bond donors (Lipinski definition) is 2. The van der Waals surface area contributed by atoms with E-state index in [1.54, 1.807) is 0 Å². The maximum Gasteiger partial charge on any atom is 0.242 e. The molecule has 0 aromatic heterocycles. The van der Waals surface area contributed by atoms with Crippen LogP contribution in [0.5, 0.6) is 0 Å². The molecule has 2 heterocycles. The fraction of sp³-hybridized carbons (Fsp3) is 0.900. The van der Waals surface area contributed by atoms with Gasteiger partial charge in [0.15, 0.2) is 0 Å². The Balaban J connectivity index is 1.82. The summed E-state index contributed by atoms with van der Waals surface area (Å²) >= 11 is 0. The number of fused-ring (bicyclic) bond motifs is 2. The van der Waals surface area contributed by atoms with Crippen molar-refractivity contribution in [3.63, 3.8) is 0 Å². The molecule has 3 atom stereocenters. The molecule has 3 rings (SSSR count). The van der Waals surface area contributed by atoms with Gasteiger partial charge < -0.3 is 0 Å². The van der Waals surface area contributed by atoms with E-state index in [9.17, 15) is 4.79 Å². The van der Waals surface area contributed by atoms with E-state index in [1.165, 1.54) is 19.3 Å². The van der Waals surface area contributed by atoms with E-state index in [2.05, 4.69) is 10.7 Å². The fourth-order valence-electron chi connectivity index (χ4n) is 3.00. The van der Waals surface area contributed by atoms with Gasteiger partial charge in [0.25, 0.3) is 0 Å². The number of carbonyl (C=O) groups excluding carboxylic acids is 1. The summed E-state index contributed by atoms with van der Waals surface area (Å²) in [6.45, 7) is 0.933. The van der Waals surface area contributed by atoms with Crippen molar-refractivity contribution in [2.75, 3.05) is 6.54 Å². The maximum atomic E-state index is 12.1. The van der Waals surface area contributed by atoms with Crippen molar-refractivity contribution < 1.29 is 4.79 Å². The molecule has 0 bridgehead atoms. The molecule has 0 radical (unpaired) electrons. The van der Waals surface area contributed by atoms with Crippen molar-refractivity contribution in [1.29, 1.82) is 0 Å². The summed E-state index contributed by atoms with van der Waals surface area (Å²) in [5.41, 5.74) is 3.16. The van der Waals surface area contributed by atoms with E-state index in [1.807, 2.05) is 5.01 Å². The van der Waals surface area contributed by atoms with Crippen LogP contribution in [0.25, 0.3) is 0 Å². The molecule has 0 aromatic carbocycles. The predicted molar refractivity (Wildman–Crippen MR) is 52.1 cm³/mol. The van der Waals surface area contributed by atoms with E-state index in [4.69, 9.17) is 0 Å². The van der Waals surface area contributed by atoms with Gasteiger partial charge in [-0.1, -0.05) is 12.8 Å². The summed E-state index contributed by atoms with van der Waals surface area (Å²) in [5.74, 6) is 0.571. The molecule has 4 nitrogen and oxygen atoms in total. The molecule has 0 spiro atoms. The summed E-state index contributed by atoms with van der Waals surface area (Å²) in [6, 6.07) is 0.456. The number of hydrogen-bond acceptors (Lipinski definition) is 3. The van der Waals surface area contributed by atoms with Gasteiger partial charge in [0.05, 0.1) is 12.1 Å². The number of amides is 1. The molecule has 14 heavy (non-hydrogen) atoms. The third-order valence-electron chi connectivity index (χ3n) is 3.74. The summed E-state index contributed by atoms with van der Waals surface area (Å²) in [6.07, 6.45) is 6.06. The number of rotatable bonds is 0. The number of nitrogens with one attached hydrogen (secondary N) is 2. The molecule has 3 unspecified atom stereocenters. The van der Waals surface area contributed by atoms with Gasteiger partial charge in [-0.15, -0.1) is 0 Å². The highest BCUT2D eigenvalue weighted by Gasteiger charge is 2.44. The smallest absolute Gasteiger partial charge is 0.242 e. The van der Waals surface area contributed by atoms with Gasteiger partial charge >= 0.3 is 0 Å². The summed E-state index contributed by atoms with van der Waals surface area (Å²) in [5, 5.41) is 5.42. The minimum Gasteiger partial charge on any atom is -0.292 e. The standard InChI is InChI=1S/C10H17N3O/c14-10-7-3-1-2-4-8(7)12-9-5-6-11-13(9)10/h7-9,11-12H,1-6H2. The lowest BCUT2D eigenvalue weighted by Crippen LogP contribution is -2.63. The van der Waals surface area contributed by atoms with Gasteiger partial charge in [-0.3, -0.25) is 15.1 Å². The first-order chi connectivity index (χ1) is 6.86. The zero-order valence-corrected chi connectivity index (χ0v) is 8.33. The summed E-state index contributed by atoms with van der Waals surface area (Å²) < 4.78 is 0. The number of carbonyl (C=O) groups is 1. The largest absolute Gasteiger partial charge is 0.292 e. The normalized spacial score (nSPS) is 42.1. The van der Waals surface area contributed by atoms with E-state index in [0.29, 0.717) is 11.9 Å². The van der Waals surface area contributed by atoms with Crippen molar-refractivity contribution in [2.45, 2.75) is 44.3 Å². The Labute approximate surface area is 84.0 Å². The van der Waals surface area contributed by atoms with Crippen LogP contribution in [0.15, 0.2) is 0 Å². The molecule has 2 N–H and O–H groups in total. The lowest BCUT2D eigenvalue weighted by Gasteiger charge is -2.42. The van der Waals surface area contributed by atoms with Crippen molar-refractivity contribution in [3.8, 4) is 0 Å². The number of hydrazine groups is 1. The average Bonchev–Trinajstić information content (AvgIpc) is 2.66. The third-order valence-corrected chi connectivity index (χ3v) is 3.74. The van der Waals surface area contributed by atoms with Gasteiger partial charge in [0.2, 0.25) is 5.91 Å². The van der Waals surface area contributed by atoms with Crippen molar-refractivity contribution in [2.24, 2.45) is 5.92 Å².